The quantitative estimate of drug-likeness (QED) is 0.494. The SMILES string of the molecule is O=S(=O)(c1cccc(-c2nnc(SC/C=C/c3ccccc3)o2)c1)N1CCCCC1. The summed E-state index contributed by atoms with van der Waals surface area (Å²) in [6.07, 6.45) is 6.97. The topological polar surface area (TPSA) is 76.3 Å². The summed E-state index contributed by atoms with van der Waals surface area (Å²) in [7, 11) is -3.50. The van der Waals surface area contributed by atoms with Crippen molar-refractivity contribution < 1.29 is 12.8 Å². The summed E-state index contributed by atoms with van der Waals surface area (Å²) in [6, 6.07) is 16.8. The first kappa shape index (κ1) is 20.8. The molecule has 156 valence electrons. The molecule has 1 saturated heterocycles. The molecule has 0 unspecified atom stereocenters. The van der Waals surface area contributed by atoms with Crippen molar-refractivity contribution in [3.63, 3.8) is 0 Å². The molecule has 2 aromatic carbocycles. The lowest BCUT2D eigenvalue weighted by Crippen LogP contribution is -2.35. The highest BCUT2D eigenvalue weighted by Crippen LogP contribution is 2.27. The predicted octanol–water partition coefficient (Wildman–Crippen LogP) is 4.72. The Balaban J connectivity index is 1.43. The number of nitrogens with zero attached hydrogens (tertiary/aromatic N) is 3. The van der Waals surface area contributed by atoms with Crippen LogP contribution < -0.4 is 0 Å². The molecule has 1 fully saturated rings. The number of aromatic nitrogens is 2. The van der Waals surface area contributed by atoms with E-state index in [0.717, 1.165) is 24.8 Å². The summed E-state index contributed by atoms with van der Waals surface area (Å²) in [5.74, 6) is 1.01. The molecule has 0 aliphatic carbocycles. The van der Waals surface area contributed by atoms with E-state index in [-0.39, 0.29) is 4.90 Å². The van der Waals surface area contributed by atoms with Crippen LogP contribution in [-0.2, 0) is 10.0 Å². The van der Waals surface area contributed by atoms with Gasteiger partial charge in [0.05, 0.1) is 4.90 Å². The minimum absolute atomic E-state index is 0.264. The number of thioether (sulfide) groups is 1. The number of sulfonamides is 1. The molecular formula is C22H23N3O3S2. The van der Waals surface area contributed by atoms with Crippen LogP contribution in [0.5, 0.6) is 0 Å². The van der Waals surface area contributed by atoms with E-state index >= 15 is 0 Å². The first-order valence-electron chi connectivity index (χ1n) is 9.91. The summed E-state index contributed by atoms with van der Waals surface area (Å²) in [4.78, 5) is 0.264. The highest BCUT2D eigenvalue weighted by atomic mass is 32.2. The number of piperidine rings is 1. The van der Waals surface area contributed by atoms with Crippen LogP contribution in [-0.4, -0.2) is 41.8 Å². The average molecular weight is 442 g/mol. The minimum Gasteiger partial charge on any atom is -0.411 e. The zero-order valence-corrected chi connectivity index (χ0v) is 18.1. The lowest BCUT2D eigenvalue weighted by atomic mass is 10.2. The van der Waals surface area contributed by atoms with E-state index in [1.807, 2.05) is 42.5 Å². The van der Waals surface area contributed by atoms with Gasteiger partial charge >= 0.3 is 0 Å². The van der Waals surface area contributed by atoms with E-state index in [2.05, 4.69) is 10.2 Å². The monoisotopic (exact) mass is 441 g/mol. The van der Waals surface area contributed by atoms with E-state index in [1.165, 1.54) is 11.8 Å². The molecule has 4 rings (SSSR count). The average Bonchev–Trinajstić information content (AvgIpc) is 3.27. The molecule has 0 saturated carbocycles. The summed E-state index contributed by atoms with van der Waals surface area (Å²) in [6.45, 7) is 1.15. The summed E-state index contributed by atoms with van der Waals surface area (Å²) < 4.78 is 33.1. The lowest BCUT2D eigenvalue weighted by molar-refractivity contribution is 0.346. The van der Waals surface area contributed by atoms with Gasteiger partial charge in [-0.3, -0.25) is 0 Å². The molecule has 0 spiro atoms. The second-order valence-corrected chi connectivity index (χ2v) is 9.90. The maximum absolute atomic E-state index is 12.9. The van der Waals surface area contributed by atoms with Crippen LogP contribution in [0.25, 0.3) is 17.5 Å². The third-order valence-electron chi connectivity index (χ3n) is 4.85. The third kappa shape index (κ3) is 5.00. The van der Waals surface area contributed by atoms with Gasteiger partial charge in [0.25, 0.3) is 5.22 Å². The Morgan fingerprint density at radius 1 is 1.00 bits per heavy atom. The van der Waals surface area contributed by atoms with Crippen LogP contribution in [0.1, 0.15) is 24.8 Å². The zero-order valence-electron chi connectivity index (χ0n) is 16.5. The maximum atomic E-state index is 12.9. The van der Waals surface area contributed by atoms with Crippen molar-refractivity contribution in [3.05, 3.63) is 66.2 Å². The Morgan fingerprint density at radius 3 is 2.60 bits per heavy atom. The fourth-order valence-corrected chi connectivity index (χ4v) is 5.43. The van der Waals surface area contributed by atoms with E-state index < -0.39 is 10.0 Å². The number of hydrogen-bond donors (Lipinski definition) is 0. The van der Waals surface area contributed by atoms with Gasteiger partial charge in [0.15, 0.2) is 0 Å². The van der Waals surface area contributed by atoms with E-state index in [1.54, 1.807) is 28.6 Å². The largest absolute Gasteiger partial charge is 0.411 e. The second kappa shape index (κ2) is 9.59. The first-order valence-corrected chi connectivity index (χ1v) is 12.3. The van der Waals surface area contributed by atoms with Crippen molar-refractivity contribution in [2.75, 3.05) is 18.8 Å². The summed E-state index contributed by atoms with van der Waals surface area (Å²) >= 11 is 1.43. The molecule has 1 aromatic heterocycles. The highest BCUT2D eigenvalue weighted by Gasteiger charge is 2.26. The molecular weight excluding hydrogens is 418 g/mol. The molecule has 30 heavy (non-hydrogen) atoms. The summed E-state index contributed by atoms with van der Waals surface area (Å²) in [5, 5.41) is 8.61. The van der Waals surface area contributed by atoms with Crippen LogP contribution in [0, 0.1) is 0 Å². The van der Waals surface area contributed by atoms with Gasteiger partial charge in [0.1, 0.15) is 0 Å². The molecule has 1 aliphatic heterocycles. The Morgan fingerprint density at radius 2 is 1.80 bits per heavy atom. The molecule has 8 heteroatoms. The van der Waals surface area contributed by atoms with Gasteiger partial charge in [0.2, 0.25) is 15.9 Å². The van der Waals surface area contributed by atoms with Crippen molar-refractivity contribution in [1.82, 2.24) is 14.5 Å². The third-order valence-corrected chi connectivity index (χ3v) is 7.52. The van der Waals surface area contributed by atoms with Crippen molar-refractivity contribution >= 4 is 27.9 Å². The van der Waals surface area contributed by atoms with Gasteiger partial charge in [-0.2, -0.15) is 4.31 Å². The van der Waals surface area contributed by atoms with Gasteiger partial charge in [-0.05, 0) is 36.6 Å². The number of rotatable bonds is 7. The Labute approximate surface area is 181 Å². The molecule has 0 atom stereocenters. The van der Waals surface area contributed by atoms with Crippen LogP contribution >= 0.6 is 11.8 Å². The lowest BCUT2D eigenvalue weighted by Gasteiger charge is -2.25. The van der Waals surface area contributed by atoms with Crippen LogP contribution in [0.3, 0.4) is 0 Å². The van der Waals surface area contributed by atoms with Gasteiger partial charge < -0.3 is 4.42 Å². The van der Waals surface area contributed by atoms with E-state index in [4.69, 9.17) is 4.42 Å². The standard InChI is InChI=1S/C22H23N3O3S2/c26-30(27,25-14-5-2-6-15-25)20-13-7-12-19(17-20)21-23-24-22(28-21)29-16-8-11-18-9-3-1-4-10-18/h1,3-4,7-13,17H,2,5-6,14-16H2/b11-8+. The van der Waals surface area contributed by atoms with Gasteiger partial charge in [-0.25, -0.2) is 8.42 Å². The van der Waals surface area contributed by atoms with Crippen LogP contribution in [0.4, 0.5) is 0 Å². The molecule has 0 bridgehead atoms. The number of hydrogen-bond acceptors (Lipinski definition) is 6. The van der Waals surface area contributed by atoms with Crippen molar-refractivity contribution in [2.24, 2.45) is 0 Å². The molecule has 0 N–H and O–H groups in total. The molecule has 1 aliphatic rings. The molecule has 2 heterocycles. The Bertz CT molecular complexity index is 1110. The Hall–Kier alpha value is -2.42. The fraction of sp³-hybridized carbons (Fsp3) is 0.273. The van der Waals surface area contributed by atoms with E-state index in [0.29, 0.717) is 35.5 Å². The van der Waals surface area contributed by atoms with Gasteiger partial charge in [-0.1, -0.05) is 66.7 Å². The fourth-order valence-electron chi connectivity index (χ4n) is 3.30. The predicted molar refractivity (Wildman–Crippen MR) is 119 cm³/mol. The van der Waals surface area contributed by atoms with Crippen molar-refractivity contribution in [1.29, 1.82) is 0 Å². The van der Waals surface area contributed by atoms with E-state index in [9.17, 15) is 8.42 Å². The second-order valence-electron chi connectivity index (χ2n) is 6.99. The zero-order chi connectivity index (χ0) is 20.8. The molecule has 6 nitrogen and oxygen atoms in total. The van der Waals surface area contributed by atoms with Crippen LogP contribution in [0.15, 0.2) is 75.2 Å². The molecule has 3 aromatic rings. The van der Waals surface area contributed by atoms with Crippen molar-refractivity contribution in [3.8, 4) is 11.5 Å². The smallest absolute Gasteiger partial charge is 0.277 e. The Kier molecular flexibility index (Phi) is 6.66. The van der Waals surface area contributed by atoms with Gasteiger partial charge in [-0.15, -0.1) is 10.2 Å². The molecule has 0 radical (unpaired) electrons. The number of benzene rings is 2. The first-order chi connectivity index (χ1) is 14.6. The maximum Gasteiger partial charge on any atom is 0.277 e. The minimum atomic E-state index is -3.50. The highest BCUT2D eigenvalue weighted by molar-refractivity contribution is 7.99. The van der Waals surface area contributed by atoms with Crippen molar-refractivity contribution in [2.45, 2.75) is 29.4 Å². The normalized spacial score (nSPS) is 15.6. The molecule has 0 amide bonds. The van der Waals surface area contributed by atoms with Gasteiger partial charge in [0, 0.05) is 24.4 Å². The summed E-state index contributed by atoms with van der Waals surface area (Å²) in [5.41, 5.74) is 1.74. The van der Waals surface area contributed by atoms with Crippen LogP contribution in [0.2, 0.25) is 0 Å².